The summed E-state index contributed by atoms with van der Waals surface area (Å²) in [5.41, 5.74) is 1.78. The van der Waals surface area contributed by atoms with Crippen LogP contribution in [0.4, 0.5) is 5.69 Å². The van der Waals surface area contributed by atoms with Gasteiger partial charge < -0.3 is 18.7 Å². The lowest BCUT2D eigenvalue weighted by Crippen LogP contribution is -2.38. The molecule has 1 atom stereocenters. The summed E-state index contributed by atoms with van der Waals surface area (Å²) in [5.74, 6) is 0.475. The molecule has 0 radical (unpaired) electrons. The Labute approximate surface area is 231 Å². The fourth-order valence-corrected chi connectivity index (χ4v) is 5.24. The average molecular weight is 559 g/mol. The highest BCUT2D eigenvalue weighted by molar-refractivity contribution is 7.87. The maximum Gasteiger partial charge on any atom is 0.339 e. The molecule has 38 heavy (non-hydrogen) atoms. The van der Waals surface area contributed by atoms with Crippen LogP contribution in [0, 0.1) is 0 Å². The Balaban J connectivity index is 2.05. The number of halogens is 1. The summed E-state index contributed by atoms with van der Waals surface area (Å²) in [6, 6.07) is 18.2. The van der Waals surface area contributed by atoms with E-state index in [1.807, 2.05) is 39.8 Å². The van der Waals surface area contributed by atoms with Crippen molar-refractivity contribution in [3.8, 4) is 11.5 Å². The molecule has 0 aliphatic heterocycles. The van der Waals surface area contributed by atoms with Gasteiger partial charge in [-0.15, -0.1) is 0 Å². The van der Waals surface area contributed by atoms with Gasteiger partial charge in [-0.05, 0) is 69.7 Å². The van der Waals surface area contributed by atoms with Crippen LogP contribution < -0.4 is 13.8 Å². The molecule has 3 rings (SSSR count). The van der Waals surface area contributed by atoms with E-state index in [1.54, 1.807) is 47.4 Å². The summed E-state index contributed by atoms with van der Waals surface area (Å²) in [5, 5.41) is 0.362. The highest BCUT2D eigenvalue weighted by Crippen LogP contribution is 2.32. The van der Waals surface area contributed by atoms with Crippen molar-refractivity contribution >= 4 is 33.3 Å². The van der Waals surface area contributed by atoms with Gasteiger partial charge in [0.1, 0.15) is 16.4 Å². The minimum Gasteiger partial charge on any atom is -0.497 e. The Morgan fingerprint density at radius 3 is 2.21 bits per heavy atom. The molecule has 9 heteroatoms. The fourth-order valence-electron chi connectivity index (χ4n) is 4.07. The van der Waals surface area contributed by atoms with Crippen LogP contribution in [0.1, 0.15) is 50.0 Å². The van der Waals surface area contributed by atoms with Gasteiger partial charge in [0.05, 0.1) is 17.7 Å². The van der Waals surface area contributed by atoms with Crippen LogP contribution in [0.5, 0.6) is 11.5 Å². The first kappa shape index (κ1) is 29.3. The summed E-state index contributed by atoms with van der Waals surface area (Å²) in [7, 11) is -2.64. The van der Waals surface area contributed by atoms with Crippen LogP contribution in [0.3, 0.4) is 0 Å². The molecule has 0 saturated heterocycles. The largest absolute Gasteiger partial charge is 0.497 e. The zero-order chi connectivity index (χ0) is 27.9. The van der Waals surface area contributed by atoms with Crippen molar-refractivity contribution in [3.05, 3.63) is 82.9 Å². The van der Waals surface area contributed by atoms with E-state index in [1.165, 1.54) is 19.2 Å². The topological polar surface area (TPSA) is 76.2 Å². The number of hydrogen-bond donors (Lipinski definition) is 0. The first-order chi connectivity index (χ1) is 18.1. The predicted molar refractivity (Wildman–Crippen MR) is 152 cm³/mol. The molecule has 3 aromatic carbocycles. The second-order valence-electron chi connectivity index (χ2n) is 8.85. The zero-order valence-corrected chi connectivity index (χ0v) is 24.1. The Bertz CT molecular complexity index is 1340. The normalized spacial score (nSPS) is 12.1. The lowest BCUT2D eigenvalue weighted by molar-refractivity contribution is 0.0671. The van der Waals surface area contributed by atoms with E-state index in [0.717, 1.165) is 18.8 Å². The molecular formula is C29H35ClN2O5S. The SMILES string of the molecule is CC[C@@H](C)N(Cc1ccc(N(CC)CC)cc1OS(=O)(=O)c1ccc(OC)cc1)C(=O)c1ccccc1Cl. The summed E-state index contributed by atoms with van der Waals surface area (Å²) < 4.78 is 37.4. The summed E-state index contributed by atoms with van der Waals surface area (Å²) in [4.78, 5) is 17.4. The molecule has 1 amide bonds. The van der Waals surface area contributed by atoms with Crippen molar-refractivity contribution in [2.75, 3.05) is 25.1 Å². The maximum atomic E-state index is 13.6. The van der Waals surface area contributed by atoms with Gasteiger partial charge >= 0.3 is 10.1 Å². The smallest absolute Gasteiger partial charge is 0.339 e. The Kier molecular flexibility index (Phi) is 10.1. The lowest BCUT2D eigenvalue weighted by Gasteiger charge is -2.30. The van der Waals surface area contributed by atoms with Gasteiger partial charge in [0.2, 0.25) is 0 Å². The van der Waals surface area contributed by atoms with Crippen molar-refractivity contribution in [2.24, 2.45) is 0 Å². The van der Waals surface area contributed by atoms with Gasteiger partial charge in [0.25, 0.3) is 5.91 Å². The molecule has 204 valence electrons. The quantitative estimate of drug-likeness (QED) is 0.239. The highest BCUT2D eigenvalue weighted by atomic mass is 35.5. The Hall–Kier alpha value is -3.23. The van der Waals surface area contributed by atoms with Gasteiger partial charge in [-0.3, -0.25) is 4.79 Å². The third-order valence-corrected chi connectivity index (χ3v) is 8.13. The van der Waals surface area contributed by atoms with Crippen molar-refractivity contribution in [2.45, 2.75) is 51.6 Å². The Morgan fingerprint density at radius 2 is 1.63 bits per heavy atom. The lowest BCUT2D eigenvalue weighted by atomic mass is 10.1. The third-order valence-electron chi connectivity index (χ3n) is 6.56. The number of ether oxygens (including phenoxy) is 1. The van der Waals surface area contributed by atoms with Crippen molar-refractivity contribution in [1.82, 2.24) is 4.90 Å². The van der Waals surface area contributed by atoms with E-state index in [0.29, 0.717) is 28.3 Å². The molecule has 3 aromatic rings. The molecule has 0 aromatic heterocycles. The second kappa shape index (κ2) is 13.0. The van der Waals surface area contributed by atoms with E-state index in [-0.39, 0.29) is 29.1 Å². The second-order valence-corrected chi connectivity index (χ2v) is 10.8. The molecule has 0 bridgehead atoms. The van der Waals surface area contributed by atoms with Crippen molar-refractivity contribution in [3.63, 3.8) is 0 Å². The molecule has 0 unspecified atom stereocenters. The molecule has 0 saturated carbocycles. The van der Waals surface area contributed by atoms with Crippen LogP contribution in [0.25, 0.3) is 0 Å². The highest BCUT2D eigenvalue weighted by Gasteiger charge is 2.26. The van der Waals surface area contributed by atoms with Crippen molar-refractivity contribution < 1.29 is 22.1 Å². The molecule has 7 nitrogen and oxygen atoms in total. The number of carbonyl (C=O) groups excluding carboxylic acids is 1. The number of hydrogen-bond acceptors (Lipinski definition) is 6. The maximum absolute atomic E-state index is 13.6. The number of anilines is 1. The van der Waals surface area contributed by atoms with Crippen LogP contribution in [0.15, 0.2) is 71.6 Å². The molecule has 0 aliphatic carbocycles. The minimum absolute atomic E-state index is 0.00317. The summed E-state index contributed by atoms with van der Waals surface area (Å²) >= 11 is 6.34. The molecular weight excluding hydrogens is 524 g/mol. The van der Waals surface area contributed by atoms with Crippen LogP contribution in [-0.2, 0) is 16.7 Å². The van der Waals surface area contributed by atoms with E-state index in [9.17, 15) is 13.2 Å². The van der Waals surface area contributed by atoms with Gasteiger partial charge in [-0.1, -0.05) is 36.7 Å². The Morgan fingerprint density at radius 1 is 0.974 bits per heavy atom. The first-order valence-electron chi connectivity index (χ1n) is 12.7. The molecule has 0 heterocycles. The summed E-state index contributed by atoms with van der Waals surface area (Å²) in [6.07, 6.45) is 0.702. The number of nitrogens with zero attached hydrogens (tertiary/aromatic N) is 2. The number of benzene rings is 3. The number of amides is 1. The zero-order valence-electron chi connectivity index (χ0n) is 22.5. The van der Waals surface area contributed by atoms with E-state index in [4.69, 9.17) is 20.5 Å². The minimum atomic E-state index is -4.16. The molecule has 0 aliphatic rings. The van der Waals surface area contributed by atoms with Gasteiger partial charge in [-0.2, -0.15) is 8.42 Å². The van der Waals surface area contributed by atoms with Gasteiger partial charge in [0, 0.05) is 43.0 Å². The third kappa shape index (κ3) is 6.79. The van der Waals surface area contributed by atoms with E-state index < -0.39 is 10.1 Å². The molecule has 0 spiro atoms. The summed E-state index contributed by atoms with van der Waals surface area (Å²) in [6.45, 7) is 9.62. The molecule has 0 fully saturated rings. The standard InChI is InChI=1S/C29H35ClN2O5S/c1-6-21(4)32(29(33)26-11-9-10-12-27(26)30)20-22-13-14-23(31(7-2)8-3)19-28(22)37-38(34,35)25-17-15-24(36-5)16-18-25/h9-19,21H,6-8,20H2,1-5H3/t21-/m1/s1. The van der Waals surface area contributed by atoms with Gasteiger partial charge in [-0.25, -0.2) is 0 Å². The monoisotopic (exact) mass is 558 g/mol. The number of carbonyl (C=O) groups is 1. The van der Waals surface area contributed by atoms with Crippen molar-refractivity contribution in [1.29, 1.82) is 0 Å². The van der Waals surface area contributed by atoms with Gasteiger partial charge in [0.15, 0.2) is 0 Å². The van der Waals surface area contributed by atoms with Crippen LogP contribution in [-0.4, -0.2) is 45.5 Å². The van der Waals surface area contributed by atoms with Crippen LogP contribution in [0.2, 0.25) is 5.02 Å². The van der Waals surface area contributed by atoms with E-state index >= 15 is 0 Å². The van der Waals surface area contributed by atoms with E-state index in [2.05, 4.69) is 4.90 Å². The fraction of sp³-hybridized carbons (Fsp3) is 0.345. The molecule has 0 N–H and O–H groups in total. The van der Waals surface area contributed by atoms with Crippen LogP contribution >= 0.6 is 11.6 Å². The predicted octanol–water partition coefficient (Wildman–Crippen LogP) is 6.40. The first-order valence-corrected chi connectivity index (χ1v) is 14.5. The number of rotatable bonds is 12. The number of methoxy groups -OCH3 is 1. The average Bonchev–Trinajstić information content (AvgIpc) is 2.92.